The molecule has 2 unspecified atom stereocenters. The molecule has 0 amide bonds. The van der Waals surface area contributed by atoms with Crippen molar-refractivity contribution in [2.24, 2.45) is 0 Å². The molecule has 0 aromatic heterocycles. The summed E-state index contributed by atoms with van der Waals surface area (Å²) in [5.74, 6) is 0. The summed E-state index contributed by atoms with van der Waals surface area (Å²) >= 11 is 0. The zero-order valence-corrected chi connectivity index (χ0v) is 14.7. The normalized spacial score (nSPS) is 27.6. The van der Waals surface area contributed by atoms with Crippen LogP contribution >= 0.6 is 21.6 Å². The molecule has 2 aliphatic rings. The van der Waals surface area contributed by atoms with Crippen LogP contribution in [-0.4, -0.2) is 20.1 Å². The standard InChI is InChI=1S/C20H18O2S2/c21-19(11-9-15-5-1-3-7-17(15)13-19)23-24-20(22)12-10-16-6-2-4-8-18(16)14-20/h1-12,21-22H,13-14H2. The van der Waals surface area contributed by atoms with E-state index in [-0.39, 0.29) is 0 Å². The second-order valence-electron chi connectivity index (χ2n) is 6.27. The molecule has 0 saturated carbocycles. The molecule has 0 spiro atoms. The summed E-state index contributed by atoms with van der Waals surface area (Å²) in [6.45, 7) is 0. The minimum absolute atomic E-state index is 0.549. The average molecular weight is 354 g/mol. The van der Waals surface area contributed by atoms with Crippen LogP contribution < -0.4 is 0 Å². The van der Waals surface area contributed by atoms with E-state index in [1.807, 2.05) is 60.7 Å². The molecule has 122 valence electrons. The molecule has 0 aliphatic heterocycles. The molecule has 0 saturated heterocycles. The van der Waals surface area contributed by atoms with Crippen molar-refractivity contribution in [2.75, 3.05) is 0 Å². The minimum atomic E-state index is -1.00. The first kappa shape index (κ1) is 16.0. The summed E-state index contributed by atoms with van der Waals surface area (Å²) in [7, 11) is 2.65. The second kappa shape index (κ2) is 6.12. The van der Waals surface area contributed by atoms with E-state index in [0.29, 0.717) is 12.8 Å². The van der Waals surface area contributed by atoms with Crippen molar-refractivity contribution >= 4 is 33.7 Å². The van der Waals surface area contributed by atoms with Gasteiger partial charge in [-0.3, -0.25) is 0 Å². The van der Waals surface area contributed by atoms with E-state index in [1.54, 1.807) is 0 Å². The van der Waals surface area contributed by atoms with Crippen LogP contribution in [0.5, 0.6) is 0 Å². The maximum atomic E-state index is 10.9. The van der Waals surface area contributed by atoms with Gasteiger partial charge in [-0.2, -0.15) is 0 Å². The van der Waals surface area contributed by atoms with Gasteiger partial charge in [-0.05, 0) is 34.4 Å². The number of hydrogen-bond acceptors (Lipinski definition) is 4. The van der Waals surface area contributed by atoms with E-state index < -0.39 is 9.87 Å². The summed E-state index contributed by atoms with van der Waals surface area (Å²) in [6, 6.07) is 16.2. The Morgan fingerprint density at radius 3 is 1.54 bits per heavy atom. The van der Waals surface area contributed by atoms with E-state index in [4.69, 9.17) is 0 Å². The van der Waals surface area contributed by atoms with E-state index in [0.717, 1.165) is 22.3 Å². The molecule has 2 N–H and O–H groups in total. The van der Waals surface area contributed by atoms with Gasteiger partial charge in [0.15, 0.2) is 0 Å². The second-order valence-corrected chi connectivity index (χ2v) is 9.02. The lowest BCUT2D eigenvalue weighted by Gasteiger charge is -2.33. The van der Waals surface area contributed by atoms with Crippen LogP contribution in [0.1, 0.15) is 22.3 Å². The number of fused-ring (bicyclic) bond motifs is 2. The van der Waals surface area contributed by atoms with Gasteiger partial charge in [0.1, 0.15) is 9.87 Å². The molecule has 2 aliphatic carbocycles. The summed E-state index contributed by atoms with van der Waals surface area (Å²) < 4.78 is 0. The predicted molar refractivity (Wildman–Crippen MR) is 103 cm³/mol. The first-order valence-electron chi connectivity index (χ1n) is 7.91. The zero-order valence-electron chi connectivity index (χ0n) is 13.1. The molecule has 2 atom stereocenters. The SMILES string of the molecule is OC1(SSC2(O)C=Cc3ccccc3C2)C=Cc2ccccc2C1. The van der Waals surface area contributed by atoms with Crippen molar-refractivity contribution in [1.29, 1.82) is 0 Å². The van der Waals surface area contributed by atoms with E-state index in [1.165, 1.54) is 21.6 Å². The lowest BCUT2D eigenvalue weighted by Crippen LogP contribution is -2.30. The van der Waals surface area contributed by atoms with Crippen molar-refractivity contribution in [3.05, 3.63) is 82.9 Å². The molecule has 2 nitrogen and oxygen atoms in total. The van der Waals surface area contributed by atoms with Gasteiger partial charge >= 0.3 is 0 Å². The fourth-order valence-corrected chi connectivity index (χ4v) is 5.60. The summed E-state index contributed by atoms with van der Waals surface area (Å²) in [5.41, 5.74) is 4.56. The van der Waals surface area contributed by atoms with Gasteiger partial charge in [-0.25, -0.2) is 0 Å². The van der Waals surface area contributed by atoms with Gasteiger partial charge in [-0.1, -0.05) is 82.3 Å². The molecule has 0 heterocycles. The Morgan fingerprint density at radius 1 is 0.667 bits per heavy atom. The van der Waals surface area contributed by atoms with Crippen molar-refractivity contribution in [3.63, 3.8) is 0 Å². The Bertz CT molecular complexity index is 760. The molecule has 4 heteroatoms. The number of benzene rings is 2. The third kappa shape index (κ3) is 3.20. The number of rotatable bonds is 3. The highest BCUT2D eigenvalue weighted by Crippen LogP contribution is 2.48. The molecule has 0 fully saturated rings. The molecule has 2 aromatic rings. The first-order valence-corrected chi connectivity index (χ1v) is 10.1. The Kier molecular flexibility index (Phi) is 4.09. The largest absolute Gasteiger partial charge is 0.375 e. The van der Waals surface area contributed by atoms with Crippen LogP contribution in [0.25, 0.3) is 12.2 Å². The lowest BCUT2D eigenvalue weighted by molar-refractivity contribution is 0.184. The molecule has 0 radical (unpaired) electrons. The highest BCUT2D eigenvalue weighted by atomic mass is 33.1. The van der Waals surface area contributed by atoms with Gasteiger partial charge in [0.2, 0.25) is 0 Å². The van der Waals surface area contributed by atoms with Crippen LogP contribution in [0.15, 0.2) is 60.7 Å². The number of hydrogen-bond donors (Lipinski definition) is 2. The van der Waals surface area contributed by atoms with Gasteiger partial charge in [0.25, 0.3) is 0 Å². The Morgan fingerprint density at radius 2 is 1.08 bits per heavy atom. The third-order valence-corrected chi connectivity index (χ3v) is 7.58. The maximum absolute atomic E-state index is 10.9. The zero-order chi connectivity index (χ0) is 16.6. The molecule has 2 aromatic carbocycles. The van der Waals surface area contributed by atoms with Crippen LogP contribution in [0.3, 0.4) is 0 Å². The van der Waals surface area contributed by atoms with Gasteiger partial charge in [-0.15, -0.1) is 0 Å². The molecule has 4 rings (SSSR count). The van der Waals surface area contributed by atoms with Crippen molar-refractivity contribution in [2.45, 2.75) is 22.7 Å². The lowest BCUT2D eigenvalue weighted by atomic mass is 9.95. The fourth-order valence-electron chi connectivity index (χ4n) is 3.08. The van der Waals surface area contributed by atoms with Crippen molar-refractivity contribution in [3.8, 4) is 0 Å². The molecule has 24 heavy (non-hydrogen) atoms. The average Bonchev–Trinajstić information content (AvgIpc) is 2.60. The van der Waals surface area contributed by atoms with Gasteiger partial charge in [0, 0.05) is 12.8 Å². The van der Waals surface area contributed by atoms with Crippen LogP contribution in [0.4, 0.5) is 0 Å². The van der Waals surface area contributed by atoms with E-state index >= 15 is 0 Å². The summed E-state index contributed by atoms with van der Waals surface area (Å²) in [6.07, 6.45) is 8.68. The Hall–Kier alpha value is -1.46. The van der Waals surface area contributed by atoms with E-state index in [9.17, 15) is 10.2 Å². The van der Waals surface area contributed by atoms with Gasteiger partial charge in [0.05, 0.1) is 0 Å². The van der Waals surface area contributed by atoms with E-state index in [2.05, 4.69) is 12.1 Å². The Labute approximate surface area is 149 Å². The third-order valence-electron chi connectivity index (χ3n) is 4.37. The fraction of sp³-hybridized carbons (Fsp3) is 0.200. The topological polar surface area (TPSA) is 40.5 Å². The highest BCUT2D eigenvalue weighted by Gasteiger charge is 2.35. The quantitative estimate of drug-likeness (QED) is 0.637. The Balaban J connectivity index is 1.48. The highest BCUT2D eigenvalue weighted by molar-refractivity contribution is 8.77. The van der Waals surface area contributed by atoms with Crippen molar-refractivity contribution in [1.82, 2.24) is 0 Å². The smallest absolute Gasteiger partial charge is 0.143 e. The molecule has 0 bridgehead atoms. The van der Waals surface area contributed by atoms with Crippen LogP contribution in [-0.2, 0) is 12.8 Å². The molecular weight excluding hydrogens is 336 g/mol. The van der Waals surface area contributed by atoms with Crippen LogP contribution in [0, 0.1) is 0 Å². The first-order chi connectivity index (χ1) is 11.6. The predicted octanol–water partition coefficient (Wildman–Crippen LogP) is 4.28. The maximum Gasteiger partial charge on any atom is 0.143 e. The van der Waals surface area contributed by atoms with Crippen LogP contribution in [0.2, 0.25) is 0 Å². The monoisotopic (exact) mass is 354 g/mol. The summed E-state index contributed by atoms with van der Waals surface area (Å²) in [4.78, 5) is -2.00. The van der Waals surface area contributed by atoms with Crippen molar-refractivity contribution < 1.29 is 10.2 Å². The summed E-state index contributed by atoms with van der Waals surface area (Å²) in [5, 5.41) is 21.8. The minimum Gasteiger partial charge on any atom is -0.375 e. The molecular formula is C20H18O2S2. The number of aliphatic hydroxyl groups is 2. The van der Waals surface area contributed by atoms with Gasteiger partial charge < -0.3 is 10.2 Å².